The average Bonchev–Trinajstić information content (AvgIpc) is 3.47. The van der Waals surface area contributed by atoms with Crippen molar-refractivity contribution < 1.29 is 0 Å². The van der Waals surface area contributed by atoms with E-state index in [4.69, 9.17) is 0 Å². The van der Waals surface area contributed by atoms with E-state index in [9.17, 15) is 4.79 Å². The molecular formula is C22H24N2O. The molecule has 1 fully saturated rings. The second-order valence-corrected chi connectivity index (χ2v) is 7.02. The van der Waals surface area contributed by atoms with Crippen molar-refractivity contribution in [3.8, 4) is 0 Å². The Hall–Kier alpha value is -2.39. The molecule has 0 bridgehead atoms. The van der Waals surface area contributed by atoms with E-state index in [0.717, 1.165) is 29.4 Å². The lowest BCUT2D eigenvalue weighted by Crippen LogP contribution is -2.28. The first-order chi connectivity index (χ1) is 12.2. The highest BCUT2D eigenvalue weighted by Gasteiger charge is 2.29. The number of pyridine rings is 1. The minimum atomic E-state index is 0.0330. The third-order valence-corrected chi connectivity index (χ3v) is 5.08. The standard InChI is InChI=1S/C22H24N2O/c1-2-16-7-9-17(10-8-16)14-24(20-11-12-20)15-19-13-18-5-3-4-6-21(18)23-22(19)25/h3-10,13,20H,2,11-12,14-15H2,1H3,(H,23,25). The summed E-state index contributed by atoms with van der Waals surface area (Å²) in [6, 6.07) is 19.5. The molecule has 0 aliphatic heterocycles. The van der Waals surface area contributed by atoms with E-state index in [1.807, 2.05) is 24.3 Å². The van der Waals surface area contributed by atoms with Crippen LogP contribution < -0.4 is 5.56 Å². The molecule has 3 aromatic rings. The Labute approximate surface area is 148 Å². The number of aromatic amines is 1. The Kier molecular flexibility index (Phi) is 4.41. The monoisotopic (exact) mass is 332 g/mol. The fraction of sp³-hybridized carbons (Fsp3) is 0.318. The van der Waals surface area contributed by atoms with Crippen LogP contribution in [0.15, 0.2) is 59.4 Å². The van der Waals surface area contributed by atoms with Crippen molar-refractivity contribution in [1.29, 1.82) is 0 Å². The third kappa shape index (κ3) is 3.67. The van der Waals surface area contributed by atoms with Gasteiger partial charge in [0.1, 0.15) is 0 Å². The van der Waals surface area contributed by atoms with Crippen molar-refractivity contribution in [2.75, 3.05) is 0 Å². The molecule has 128 valence electrons. The van der Waals surface area contributed by atoms with Gasteiger partial charge in [-0.2, -0.15) is 0 Å². The van der Waals surface area contributed by atoms with Crippen LogP contribution in [0.1, 0.15) is 36.5 Å². The van der Waals surface area contributed by atoms with Crippen molar-refractivity contribution >= 4 is 10.9 Å². The van der Waals surface area contributed by atoms with Gasteiger partial charge < -0.3 is 4.98 Å². The summed E-state index contributed by atoms with van der Waals surface area (Å²) in [5.41, 5.74) is 4.49. The number of aromatic nitrogens is 1. The van der Waals surface area contributed by atoms with E-state index in [-0.39, 0.29) is 5.56 Å². The van der Waals surface area contributed by atoms with E-state index >= 15 is 0 Å². The molecule has 0 amide bonds. The van der Waals surface area contributed by atoms with E-state index in [0.29, 0.717) is 12.6 Å². The van der Waals surface area contributed by atoms with Crippen LogP contribution in [-0.2, 0) is 19.5 Å². The SMILES string of the molecule is CCc1ccc(CN(Cc2cc3ccccc3[nH]c2=O)C2CC2)cc1. The van der Waals surface area contributed by atoms with Gasteiger partial charge in [-0.25, -0.2) is 0 Å². The quantitative estimate of drug-likeness (QED) is 0.732. The number of H-pyrrole nitrogens is 1. The lowest BCUT2D eigenvalue weighted by Gasteiger charge is -2.22. The fourth-order valence-corrected chi connectivity index (χ4v) is 3.40. The normalized spacial score (nSPS) is 14.3. The van der Waals surface area contributed by atoms with Crippen LogP contribution in [0.3, 0.4) is 0 Å². The summed E-state index contributed by atoms with van der Waals surface area (Å²) in [5.74, 6) is 0. The lowest BCUT2D eigenvalue weighted by molar-refractivity contribution is 0.245. The van der Waals surface area contributed by atoms with Crippen molar-refractivity contribution in [3.05, 3.63) is 81.6 Å². The minimum Gasteiger partial charge on any atom is -0.322 e. The highest BCUT2D eigenvalue weighted by Crippen LogP contribution is 2.29. The van der Waals surface area contributed by atoms with Gasteiger partial charge in [0.25, 0.3) is 5.56 Å². The zero-order valence-corrected chi connectivity index (χ0v) is 14.7. The number of fused-ring (bicyclic) bond motifs is 1. The summed E-state index contributed by atoms with van der Waals surface area (Å²) < 4.78 is 0. The minimum absolute atomic E-state index is 0.0330. The molecule has 3 heteroatoms. The van der Waals surface area contributed by atoms with Crippen LogP contribution in [0.25, 0.3) is 10.9 Å². The number of aryl methyl sites for hydroxylation is 1. The van der Waals surface area contributed by atoms with Crippen LogP contribution in [0.4, 0.5) is 0 Å². The average molecular weight is 332 g/mol. The Morgan fingerprint density at radius 2 is 1.72 bits per heavy atom. The van der Waals surface area contributed by atoms with Gasteiger partial charge in [-0.15, -0.1) is 0 Å². The number of para-hydroxylation sites is 1. The van der Waals surface area contributed by atoms with Crippen molar-refractivity contribution in [1.82, 2.24) is 9.88 Å². The molecule has 3 nitrogen and oxygen atoms in total. The molecule has 0 atom stereocenters. The molecule has 2 aromatic carbocycles. The summed E-state index contributed by atoms with van der Waals surface area (Å²) in [6.07, 6.45) is 3.54. The first kappa shape index (κ1) is 16.1. The van der Waals surface area contributed by atoms with Crippen molar-refractivity contribution in [2.45, 2.75) is 45.3 Å². The molecule has 1 aliphatic rings. The van der Waals surface area contributed by atoms with Crippen LogP contribution in [0.2, 0.25) is 0 Å². The van der Waals surface area contributed by atoms with Gasteiger partial charge in [-0.05, 0) is 47.9 Å². The third-order valence-electron chi connectivity index (χ3n) is 5.08. The number of nitrogens with zero attached hydrogens (tertiary/aromatic N) is 1. The largest absolute Gasteiger partial charge is 0.322 e. The van der Waals surface area contributed by atoms with Gasteiger partial charge in [0.2, 0.25) is 0 Å². The van der Waals surface area contributed by atoms with Crippen LogP contribution >= 0.6 is 0 Å². The van der Waals surface area contributed by atoms with Gasteiger partial charge in [0.15, 0.2) is 0 Å². The Balaban J connectivity index is 1.57. The van der Waals surface area contributed by atoms with Crippen LogP contribution in [0, 0.1) is 0 Å². The van der Waals surface area contributed by atoms with E-state index < -0.39 is 0 Å². The van der Waals surface area contributed by atoms with Crippen molar-refractivity contribution in [2.24, 2.45) is 0 Å². The highest BCUT2D eigenvalue weighted by atomic mass is 16.1. The van der Waals surface area contributed by atoms with Gasteiger partial charge in [-0.1, -0.05) is 49.4 Å². The maximum Gasteiger partial charge on any atom is 0.252 e. The summed E-state index contributed by atoms with van der Waals surface area (Å²) in [7, 11) is 0. The van der Waals surface area contributed by atoms with Gasteiger partial charge >= 0.3 is 0 Å². The maximum atomic E-state index is 12.5. The molecule has 1 saturated carbocycles. The highest BCUT2D eigenvalue weighted by molar-refractivity contribution is 5.78. The first-order valence-electron chi connectivity index (χ1n) is 9.16. The molecule has 25 heavy (non-hydrogen) atoms. The number of hydrogen-bond acceptors (Lipinski definition) is 2. The molecule has 0 radical (unpaired) electrons. The summed E-state index contributed by atoms with van der Waals surface area (Å²) >= 11 is 0. The first-order valence-corrected chi connectivity index (χ1v) is 9.16. The predicted molar refractivity (Wildman–Crippen MR) is 103 cm³/mol. The Morgan fingerprint density at radius 3 is 2.44 bits per heavy atom. The molecule has 0 unspecified atom stereocenters. The maximum absolute atomic E-state index is 12.5. The van der Waals surface area contributed by atoms with Gasteiger partial charge in [0.05, 0.1) is 0 Å². The molecule has 1 heterocycles. The fourth-order valence-electron chi connectivity index (χ4n) is 3.40. The van der Waals surface area contributed by atoms with Crippen LogP contribution in [-0.4, -0.2) is 15.9 Å². The lowest BCUT2D eigenvalue weighted by atomic mass is 10.1. The smallest absolute Gasteiger partial charge is 0.252 e. The van der Waals surface area contributed by atoms with Gasteiger partial charge in [-0.3, -0.25) is 9.69 Å². The van der Waals surface area contributed by atoms with E-state index in [1.165, 1.54) is 24.0 Å². The van der Waals surface area contributed by atoms with Gasteiger partial charge in [0, 0.05) is 30.2 Å². The molecule has 1 aliphatic carbocycles. The molecule has 0 saturated heterocycles. The second-order valence-electron chi connectivity index (χ2n) is 7.02. The van der Waals surface area contributed by atoms with E-state index in [2.05, 4.69) is 47.1 Å². The summed E-state index contributed by atoms with van der Waals surface area (Å²) in [6.45, 7) is 3.79. The number of benzene rings is 2. The number of rotatable bonds is 6. The molecule has 4 rings (SSSR count). The van der Waals surface area contributed by atoms with Crippen molar-refractivity contribution in [3.63, 3.8) is 0 Å². The zero-order valence-electron chi connectivity index (χ0n) is 14.7. The molecular weight excluding hydrogens is 308 g/mol. The second kappa shape index (κ2) is 6.85. The zero-order chi connectivity index (χ0) is 17.2. The summed E-state index contributed by atoms with van der Waals surface area (Å²) in [4.78, 5) is 17.9. The van der Waals surface area contributed by atoms with E-state index in [1.54, 1.807) is 0 Å². The molecule has 1 N–H and O–H groups in total. The van der Waals surface area contributed by atoms with Crippen LogP contribution in [0.5, 0.6) is 0 Å². The number of hydrogen-bond donors (Lipinski definition) is 1. The Morgan fingerprint density at radius 1 is 1.00 bits per heavy atom. The molecule has 1 aromatic heterocycles. The molecule has 0 spiro atoms. The predicted octanol–water partition coefficient (Wildman–Crippen LogP) is 4.26. The summed E-state index contributed by atoms with van der Waals surface area (Å²) in [5, 5.41) is 1.10. The Bertz CT molecular complexity index is 923. The topological polar surface area (TPSA) is 36.1 Å². The number of nitrogens with one attached hydrogen (secondary N) is 1.